The van der Waals surface area contributed by atoms with Gasteiger partial charge < -0.3 is 25.0 Å². The number of benzene rings is 1. The van der Waals surface area contributed by atoms with Crippen LogP contribution >= 0.6 is 0 Å². The summed E-state index contributed by atoms with van der Waals surface area (Å²) in [6.07, 6.45) is 4.80. The molecule has 7 nitrogen and oxygen atoms in total. The third-order valence-corrected chi connectivity index (χ3v) is 5.12. The van der Waals surface area contributed by atoms with Crippen molar-refractivity contribution in [3.8, 4) is 11.5 Å². The Morgan fingerprint density at radius 2 is 2.04 bits per heavy atom. The predicted molar refractivity (Wildman–Crippen MR) is 105 cm³/mol. The predicted octanol–water partition coefficient (Wildman–Crippen LogP) is 1.91. The molecule has 27 heavy (non-hydrogen) atoms. The van der Waals surface area contributed by atoms with Gasteiger partial charge in [-0.1, -0.05) is 6.07 Å². The van der Waals surface area contributed by atoms with Crippen LogP contribution in [0.15, 0.2) is 23.2 Å². The van der Waals surface area contributed by atoms with Gasteiger partial charge in [0, 0.05) is 39.1 Å². The van der Waals surface area contributed by atoms with Crippen LogP contribution in [-0.2, 0) is 11.2 Å². The summed E-state index contributed by atoms with van der Waals surface area (Å²) < 4.78 is 10.7. The number of carbonyl (C=O) groups excluding carboxylic acids is 1. The summed E-state index contributed by atoms with van der Waals surface area (Å²) in [7, 11) is 1.74. The molecule has 0 bridgehead atoms. The molecule has 1 saturated heterocycles. The number of hydrogen-bond donors (Lipinski definition) is 2. The molecule has 1 amide bonds. The third-order valence-electron chi connectivity index (χ3n) is 5.12. The van der Waals surface area contributed by atoms with E-state index in [-0.39, 0.29) is 5.91 Å². The van der Waals surface area contributed by atoms with Crippen molar-refractivity contribution in [1.29, 1.82) is 0 Å². The minimum Gasteiger partial charge on any atom is -0.454 e. The molecule has 1 aromatic rings. The molecule has 0 radical (unpaired) electrons. The summed E-state index contributed by atoms with van der Waals surface area (Å²) in [5.41, 5.74) is 1.18. The first kappa shape index (κ1) is 19.3. The number of amides is 1. The van der Waals surface area contributed by atoms with Crippen LogP contribution in [0.1, 0.15) is 38.2 Å². The van der Waals surface area contributed by atoms with Gasteiger partial charge in [-0.2, -0.15) is 0 Å². The highest BCUT2D eigenvalue weighted by atomic mass is 16.7. The van der Waals surface area contributed by atoms with E-state index in [2.05, 4.69) is 22.5 Å². The second-order valence-corrected chi connectivity index (χ2v) is 7.05. The number of piperidine rings is 1. The van der Waals surface area contributed by atoms with Gasteiger partial charge in [0.2, 0.25) is 12.7 Å². The minimum absolute atomic E-state index is 0.227. The van der Waals surface area contributed by atoms with E-state index in [4.69, 9.17) is 9.47 Å². The Hall–Kier alpha value is -2.44. The van der Waals surface area contributed by atoms with Crippen molar-refractivity contribution in [1.82, 2.24) is 15.5 Å². The van der Waals surface area contributed by atoms with E-state index in [1.54, 1.807) is 7.05 Å². The van der Waals surface area contributed by atoms with Crippen molar-refractivity contribution < 1.29 is 14.3 Å². The second-order valence-electron chi connectivity index (χ2n) is 7.05. The van der Waals surface area contributed by atoms with Crippen LogP contribution in [0.25, 0.3) is 0 Å². The standard InChI is InChI=1S/C20H30N4O3/c1-15-5-3-4-12-24(15)19(25)9-11-23-20(21-2)22-10-8-16-6-7-17-18(13-16)27-14-26-17/h6-7,13,15H,3-5,8-12,14H2,1-2H3,(H2,21,22,23). The third kappa shape index (κ3) is 5.28. The number of fused-ring (bicyclic) bond motifs is 1. The van der Waals surface area contributed by atoms with Crippen LogP contribution in [0.2, 0.25) is 0 Å². The summed E-state index contributed by atoms with van der Waals surface area (Å²) >= 11 is 0. The second kappa shape index (κ2) is 9.48. The number of aliphatic imine (C=N–C) groups is 1. The SMILES string of the molecule is CN=C(NCCC(=O)N1CCCCC1C)NCCc1ccc2c(c1)OCO2. The lowest BCUT2D eigenvalue weighted by Crippen LogP contribution is -2.44. The van der Waals surface area contributed by atoms with Crippen LogP contribution in [0.4, 0.5) is 0 Å². The van der Waals surface area contributed by atoms with E-state index in [1.165, 1.54) is 12.0 Å². The van der Waals surface area contributed by atoms with Crippen molar-refractivity contribution in [3.63, 3.8) is 0 Å². The molecule has 1 unspecified atom stereocenters. The molecule has 0 saturated carbocycles. The van der Waals surface area contributed by atoms with E-state index >= 15 is 0 Å². The fourth-order valence-electron chi connectivity index (χ4n) is 3.54. The number of carbonyl (C=O) groups is 1. The maximum absolute atomic E-state index is 12.4. The molecular formula is C20H30N4O3. The van der Waals surface area contributed by atoms with Crippen molar-refractivity contribution in [3.05, 3.63) is 23.8 Å². The lowest BCUT2D eigenvalue weighted by atomic mass is 10.0. The Balaban J connectivity index is 1.36. The number of nitrogens with one attached hydrogen (secondary N) is 2. The molecule has 1 atom stereocenters. The van der Waals surface area contributed by atoms with Gasteiger partial charge in [-0.3, -0.25) is 9.79 Å². The van der Waals surface area contributed by atoms with Gasteiger partial charge in [0.15, 0.2) is 17.5 Å². The highest BCUT2D eigenvalue weighted by Crippen LogP contribution is 2.32. The quantitative estimate of drug-likeness (QED) is 0.588. The minimum atomic E-state index is 0.227. The molecule has 1 aromatic carbocycles. The fourth-order valence-corrected chi connectivity index (χ4v) is 3.54. The van der Waals surface area contributed by atoms with Crippen molar-refractivity contribution in [2.45, 2.75) is 45.1 Å². The van der Waals surface area contributed by atoms with Crippen LogP contribution < -0.4 is 20.1 Å². The Bertz CT molecular complexity index is 677. The monoisotopic (exact) mass is 374 g/mol. The van der Waals surface area contributed by atoms with Gasteiger partial charge in [-0.15, -0.1) is 0 Å². The van der Waals surface area contributed by atoms with E-state index in [0.717, 1.165) is 49.8 Å². The van der Waals surface area contributed by atoms with Gasteiger partial charge in [-0.25, -0.2) is 0 Å². The van der Waals surface area contributed by atoms with E-state index < -0.39 is 0 Å². The summed E-state index contributed by atoms with van der Waals surface area (Å²) in [6, 6.07) is 6.37. The highest BCUT2D eigenvalue weighted by molar-refractivity contribution is 5.81. The maximum Gasteiger partial charge on any atom is 0.231 e. The zero-order chi connectivity index (χ0) is 19.1. The molecule has 2 heterocycles. The lowest BCUT2D eigenvalue weighted by Gasteiger charge is -2.33. The largest absolute Gasteiger partial charge is 0.454 e. The van der Waals surface area contributed by atoms with E-state index in [9.17, 15) is 4.79 Å². The molecule has 0 aromatic heterocycles. The van der Waals surface area contributed by atoms with Crippen LogP contribution in [0.3, 0.4) is 0 Å². The molecule has 2 N–H and O–H groups in total. The molecule has 7 heteroatoms. The Morgan fingerprint density at radius 1 is 1.22 bits per heavy atom. The molecule has 148 valence electrons. The first-order chi connectivity index (χ1) is 13.2. The smallest absolute Gasteiger partial charge is 0.231 e. The van der Waals surface area contributed by atoms with Gasteiger partial charge in [0.05, 0.1) is 0 Å². The number of hydrogen-bond acceptors (Lipinski definition) is 4. The van der Waals surface area contributed by atoms with Crippen LogP contribution in [0, 0.1) is 0 Å². The number of ether oxygens (including phenoxy) is 2. The van der Waals surface area contributed by atoms with Crippen LogP contribution in [-0.4, -0.2) is 56.3 Å². The fraction of sp³-hybridized carbons (Fsp3) is 0.600. The zero-order valence-corrected chi connectivity index (χ0v) is 16.3. The van der Waals surface area contributed by atoms with Crippen molar-refractivity contribution >= 4 is 11.9 Å². The van der Waals surface area contributed by atoms with Gasteiger partial charge in [0.1, 0.15) is 0 Å². The van der Waals surface area contributed by atoms with Gasteiger partial charge >= 0.3 is 0 Å². The average Bonchev–Trinajstić information content (AvgIpc) is 3.15. The first-order valence-electron chi connectivity index (χ1n) is 9.80. The van der Waals surface area contributed by atoms with Crippen LogP contribution in [0.5, 0.6) is 11.5 Å². The molecule has 2 aliphatic rings. The zero-order valence-electron chi connectivity index (χ0n) is 16.3. The topological polar surface area (TPSA) is 75.2 Å². The molecule has 0 aliphatic carbocycles. The Morgan fingerprint density at radius 3 is 2.85 bits per heavy atom. The first-order valence-corrected chi connectivity index (χ1v) is 9.80. The summed E-state index contributed by atoms with van der Waals surface area (Å²) in [6.45, 7) is 4.66. The highest BCUT2D eigenvalue weighted by Gasteiger charge is 2.22. The Labute approximate surface area is 161 Å². The molecule has 1 fully saturated rings. The van der Waals surface area contributed by atoms with Crippen molar-refractivity contribution in [2.24, 2.45) is 4.99 Å². The molecular weight excluding hydrogens is 344 g/mol. The lowest BCUT2D eigenvalue weighted by molar-refractivity contribution is -0.134. The maximum atomic E-state index is 12.4. The summed E-state index contributed by atoms with van der Waals surface area (Å²) in [4.78, 5) is 18.6. The number of likely N-dealkylation sites (tertiary alicyclic amines) is 1. The number of nitrogens with zero attached hydrogens (tertiary/aromatic N) is 2. The molecule has 3 rings (SSSR count). The van der Waals surface area contributed by atoms with Gasteiger partial charge in [-0.05, 0) is 50.3 Å². The summed E-state index contributed by atoms with van der Waals surface area (Å²) in [5, 5.41) is 6.52. The average molecular weight is 374 g/mol. The number of guanidine groups is 1. The Kier molecular flexibility index (Phi) is 6.79. The molecule has 2 aliphatic heterocycles. The van der Waals surface area contributed by atoms with Gasteiger partial charge in [0.25, 0.3) is 0 Å². The summed E-state index contributed by atoms with van der Waals surface area (Å²) in [5.74, 6) is 2.55. The van der Waals surface area contributed by atoms with E-state index in [1.807, 2.05) is 23.1 Å². The normalized spacial score (nSPS) is 19.1. The number of rotatable bonds is 6. The molecule has 0 spiro atoms. The van der Waals surface area contributed by atoms with E-state index in [0.29, 0.717) is 25.8 Å². The van der Waals surface area contributed by atoms with Crippen molar-refractivity contribution in [2.75, 3.05) is 33.5 Å².